The number of nitrogens with one attached hydrogen (secondary N) is 1. The molecule has 0 radical (unpaired) electrons. The Morgan fingerprint density at radius 1 is 1.24 bits per heavy atom. The molecule has 0 bridgehead atoms. The van der Waals surface area contributed by atoms with Crippen LogP contribution in [0.1, 0.15) is 19.4 Å². The summed E-state index contributed by atoms with van der Waals surface area (Å²) in [5.41, 5.74) is 3.73. The molecular weight excluding hydrogens is 232 g/mol. The fraction of sp³-hybridized carbons (Fsp3) is 0.417. The van der Waals surface area contributed by atoms with Crippen molar-refractivity contribution in [2.24, 2.45) is 5.92 Å². The molecule has 0 spiro atoms. The van der Waals surface area contributed by atoms with Gasteiger partial charge < -0.3 is 5.32 Å². The van der Waals surface area contributed by atoms with Gasteiger partial charge in [0.25, 0.3) is 0 Å². The van der Waals surface area contributed by atoms with Crippen LogP contribution >= 0.6 is 11.3 Å². The van der Waals surface area contributed by atoms with Crippen molar-refractivity contribution in [2.75, 3.05) is 6.54 Å². The Labute approximate surface area is 105 Å². The fourth-order valence-corrected chi connectivity index (χ4v) is 1.94. The predicted octanol–water partition coefficient (Wildman–Crippen LogP) is 2.35. The molecule has 5 heteroatoms. The van der Waals surface area contributed by atoms with Crippen LogP contribution in [0.2, 0.25) is 0 Å². The summed E-state index contributed by atoms with van der Waals surface area (Å²) in [5.74, 6) is 1.35. The Bertz CT molecular complexity index is 436. The van der Waals surface area contributed by atoms with Gasteiger partial charge in [0.2, 0.25) is 0 Å². The van der Waals surface area contributed by atoms with Crippen LogP contribution < -0.4 is 5.32 Å². The molecule has 0 unspecified atom stereocenters. The Hall–Kier alpha value is -1.33. The third kappa shape index (κ3) is 3.57. The maximum absolute atomic E-state index is 4.31. The lowest BCUT2D eigenvalue weighted by Crippen LogP contribution is -2.19. The number of hydrogen-bond acceptors (Lipinski definition) is 5. The standard InChI is InChI=1S/C12H16N4S/c1-9(2)3-13-4-10-5-14-12(15-6-10)11-7-17-8-16-11/h5-9,13H,3-4H2,1-2H3. The highest BCUT2D eigenvalue weighted by atomic mass is 32.1. The summed E-state index contributed by atoms with van der Waals surface area (Å²) in [6, 6.07) is 0. The minimum atomic E-state index is 0.658. The number of thiazole rings is 1. The summed E-state index contributed by atoms with van der Waals surface area (Å²) in [6.45, 7) is 6.20. The van der Waals surface area contributed by atoms with Crippen LogP contribution in [0.25, 0.3) is 11.5 Å². The van der Waals surface area contributed by atoms with Gasteiger partial charge in [0, 0.05) is 29.9 Å². The second-order valence-corrected chi connectivity index (χ2v) is 5.03. The van der Waals surface area contributed by atoms with E-state index >= 15 is 0 Å². The molecule has 0 aromatic carbocycles. The molecule has 2 aromatic rings. The van der Waals surface area contributed by atoms with Crippen molar-refractivity contribution in [2.45, 2.75) is 20.4 Å². The van der Waals surface area contributed by atoms with Crippen molar-refractivity contribution in [1.82, 2.24) is 20.3 Å². The first-order valence-corrected chi connectivity index (χ1v) is 6.60. The Balaban J connectivity index is 1.94. The van der Waals surface area contributed by atoms with E-state index in [9.17, 15) is 0 Å². The molecule has 0 aliphatic rings. The SMILES string of the molecule is CC(C)CNCc1cnc(-c2cscn2)nc1. The Morgan fingerprint density at radius 2 is 2.00 bits per heavy atom. The molecule has 0 atom stereocenters. The van der Waals surface area contributed by atoms with Crippen LogP contribution in [0, 0.1) is 5.92 Å². The van der Waals surface area contributed by atoms with Crippen molar-refractivity contribution in [3.8, 4) is 11.5 Å². The number of aromatic nitrogens is 3. The largest absolute Gasteiger partial charge is 0.312 e. The summed E-state index contributed by atoms with van der Waals surface area (Å²) in [6.07, 6.45) is 3.71. The van der Waals surface area contributed by atoms with Crippen molar-refractivity contribution in [1.29, 1.82) is 0 Å². The molecule has 2 heterocycles. The van der Waals surface area contributed by atoms with Crippen molar-refractivity contribution >= 4 is 11.3 Å². The topological polar surface area (TPSA) is 50.7 Å². The van der Waals surface area contributed by atoms with Crippen LogP contribution in [0.5, 0.6) is 0 Å². The molecule has 90 valence electrons. The highest BCUT2D eigenvalue weighted by Gasteiger charge is 2.03. The third-order valence-electron chi connectivity index (χ3n) is 2.25. The smallest absolute Gasteiger partial charge is 0.178 e. The highest BCUT2D eigenvalue weighted by Crippen LogP contribution is 2.13. The molecule has 0 fully saturated rings. The number of nitrogens with zero attached hydrogens (tertiary/aromatic N) is 3. The fourth-order valence-electron chi connectivity index (χ4n) is 1.41. The second kappa shape index (κ2) is 5.84. The molecule has 0 aliphatic heterocycles. The summed E-state index contributed by atoms with van der Waals surface area (Å²) < 4.78 is 0. The van der Waals surface area contributed by atoms with Gasteiger partial charge in [-0.1, -0.05) is 13.8 Å². The zero-order valence-corrected chi connectivity index (χ0v) is 10.9. The Kier molecular flexibility index (Phi) is 4.17. The van der Waals surface area contributed by atoms with Crippen molar-refractivity contribution in [3.05, 3.63) is 28.8 Å². The molecule has 0 saturated heterocycles. The monoisotopic (exact) mass is 248 g/mol. The van der Waals surface area contributed by atoms with E-state index in [0.717, 1.165) is 24.3 Å². The molecule has 2 aromatic heterocycles. The maximum atomic E-state index is 4.31. The molecule has 17 heavy (non-hydrogen) atoms. The molecule has 0 aliphatic carbocycles. The van der Waals surface area contributed by atoms with Gasteiger partial charge >= 0.3 is 0 Å². The van der Waals surface area contributed by atoms with Crippen LogP contribution in [0.15, 0.2) is 23.3 Å². The molecule has 2 rings (SSSR count). The lowest BCUT2D eigenvalue weighted by molar-refractivity contribution is 0.551. The van der Waals surface area contributed by atoms with E-state index in [1.165, 1.54) is 0 Å². The van der Waals surface area contributed by atoms with Crippen molar-refractivity contribution < 1.29 is 0 Å². The lowest BCUT2D eigenvalue weighted by atomic mass is 10.2. The second-order valence-electron chi connectivity index (χ2n) is 4.31. The summed E-state index contributed by atoms with van der Waals surface area (Å²) >= 11 is 1.55. The van der Waals surface area contributed by atoms with Gasteiger partial charge in [-0.25, -0.2) is 15.0 Å². The predicted molar refractivity (Wildman–Crippen MR) is 69.7 cm³/mol. The van der Waals surface area contributed by atoms with Gasteiger partial charge in [-0.2, -0.15) is 0 Å². The zero-order chi connectivity index (χ0) is 12.1. The Morgan fingerprint density at radius 3 is 2.59 bits per heavy atom. The molecule has 4 nitrogen and oxygen atoms in total. The lowest BCUT2D eigenvalue weighted by Gasteiger charge is -2.06. The maximum Gasteiger partial charge on any atom is 0.178 e. The van der Waals surface area contributed by atoms with Crippen LogP contribution in [-0.2, 0) is 6.54 Å². The van der Waals surface area contributed by atoms with E-state index in [-0.39, 0.29) is 0 Å². The van der Waals surface area contributed by atoms with Gasteiger partial charge in [0.1, 0.15) is 5.69 Å². The van der Waals surface area contributed by atoms with Crippen LogP contribution in [0.3, 0.4) is 0 Å². The van der Waals surface area contributed by atoms with Gasteiger partial charge in [0.05, 0.1) is 5.51 Å². The quantitative estimate of drug-likeness (QED) is 0.882. The molecule has 0 amide bonds. The minimum absolute atomic E-state index is 0.658. The first-order chi connectivity index (χ1) is 8.25. The van der Waals surface area contributed by atoms with Gasteiger partial charge in [-0.05, 0) is 12.5 Å². The third-order valence-corrected chi connectivity index (χ3v) is 2.83. The normalized spacial score (nSPS) is 11.0. The van der Waals surface area contributed by atoms with Crippen LogP contribution in [-0.4, -0.2) is 21.5 Å². The van der Waals surface area contributed by atoms with Gasteiger partial charge in [-0.15, -0.1) is 11.3 Å². The molecule has 0 saturated carbocycles. The first-order valence-electron chi connectivity index (χ1n) is 5.66. The van der Waals surface area contributed by atoms with E-state index in [0.29, 0.717) is 11.7 Å². The van der Waals surface area contributed by atoms with E-state index in [1.54, 1.807) is 16.8 Å². The number of hydrogen-bond donors (Lipinski definition) is 1. The molecule has 1 N–H and O–H groups in total. The minimum Gasteiger partial charge on any atom is -0.312 e. The van der Waals surface area contributed by atoms with Gasteiger partial charge in [-0.3, -0.25) is 0 Å². The average molecular weight is 248 g/mol. The average Bonchev–Trinajstić information content (AvgIpc) is 2.83. The van der Waals surface area contributed by atoms with E-state index in [2.05, 4.69) is 34.1 Å². The summed E-state index contributed by atoms with van der Waals surface area (Å²) in [5, 5.41) is 5.31. The summed E-state index contributed by atoms with van der Waals surface area (Å²) in [4.78, 5) is 12.8. The van der Waals surface area contributed by atoms with Crippen LogP contribution in [0.4, 0.5) is 0 Å². The van der Waals surface area contributed by atoms with Crippen molar-refractivity contribution in [3.63, 3.8) is 0 Å². The summed E-state index contributed by atoms with van der Waals surface area (Å²) in [7, 11) is 0. The van der Waals surface area contributed by atoms with E-state index in [1.807, 2.05) is 17.8 Å². The zero-order valence-electron chi connectivity index (χ0n) is 10.1. The molecular formula is C12H16N4S. The number of rotatable bonds is 5. The first kappa shape index (κ1) is 12.1. The van der Waals surface area contributed by atoms with E-state index in [4.69, 9.17) is 0 Å². The highest BCUT2D eigenvalue weighted by molar-refractivity contribution is 7.07. The van der Waals surface area contributed by atoms with Gasteiger partial charge in [0.15, 0.2) is 5.82 Å². The van der Waals surface area contributed by atoms with E-state index < -0.39 is 0 Å².